The fourth-order valence-corrected chi connectivity index (χ4v) is 7.55. The van der Waals surface area contributed by atoms with Crippen LogP contribution >= 0.6 is 0 Å². The molecule has 1 aromatic carbocycles. The molecule has 2 aliphatic rings. The van der Waals surface area contributed by atoms with Crippen LogP contribution in [0, 0.1) is 17.3 Å². The normalized spacial score (nSPS) is 24.8. The Kier molecular flexibility index (Phi) is 10.3. The second-order valence-electron chi connectivity index (χ2n) is 14.7. The molecule has 0 spiro atoms. The molecule has 0 amide bonds. The standard InChI is InChI=1S/C33H54O6Si2/c1-31(2,3)40(9,10)38-20-18-26-21-28-25(23-37-22-24-13-15-27(35-7)16-14-24)17-19-33(26,30(34)36-8)29(28)39-41(11,12)32(4,5)6/h13-17,19,21,25,28-29H,18,20,22-23H2,1-12H3/t25-,28+,29?,33-/m0/s1. The van der Waals surface area contributed by atoms with Crippen LogP contribution in [0.5, 0.6) is 5.75 Å². The van der Waals surface area contributed by atoms with Crippen molar-refractivity contribution in [1.29, 1.82) is 0 Å². The highest BCUT2D eigenvalue weighted by molar-refractivity contribution is 6.74. The van der Waals surface area contributed by atoms with Crippen molar-refractivity contribution in [3.05, 3.63) is 53.6 Å². The second-order valence-corrected chi connectivity index (χ2v) is 24.2. The molecule has 0 saturated carbocycles. The third-order valence-electron chi connectivity index (χ3n) is 9.95. The van der Waals surface area contributed by atoms with E-state index in [-0.39, 0.29) is 34.0 Å². The Hall–Kier alpha value is -1.72. The highest BCUT2D eigenvalue weighted by Crippen LogP contribution is 2.55. The Morgan fingerprint density at radius 3 is 2.07 bits per heavy atom. The van der Waals surface area contributed by atoms with Crippen LogP contribution in [0.1, 0.15) is 53.5 Å². The highest BCUT2D eigenvalue weighted by Gasteiger charge is 2.60. The third kappa shape index (κ3) is 7.09. The maximum Gasteiger partial charge on any atom is 0.322 e. The summed E-state index contributed by atoms with van der Waals surface area (Å²) in [5.41, 5.74) is 1.19. The van der Waals surface area contributed by atoms with E-state index in [1.54, 1.807) is 7.11 Å². The monoisotopic (exact) mass is 602 g/mol. The number of carbonyl (C=O) groups excluding carboxylic acids is 1. The molecule has 4 atom stereocenters. The lowest BCUT2D eigenvalue weighted by atomic mass is 9.70. The molecule has 0 N–H and O–H groups in total. The van der Waals surface area contributed by atoms with Crippen LogP contribution in [0.3, 0.4) is 0 Å². The van der Waals surface area contributed by atoms with Gasteiger partial charge >= 0.3 is 5.97 Å². The molecule has 0 aliphatic heterocycles. The number of benzene rings is 1. The van der Waals surface area contributed by atoms with Crippen molar-refractivity contribution in [2.45, 2.75) is 96.9 Å². The van der Waals surface area contributed by atoms with E-state index in [1.807, 2.05) is 24.3 Å². The first kappa shape index (κ1) is 33.8. The molecule has 0 radical (unpaired) electrons. The molecule has 0 heterocycles. The summed E-state index contributed by atoms with van der Waals surface area (Å²) in [6.07, 6.45) is 6.82. The van der Waals surface area contributed by atoms with E-state index < -0.39 is 22.0 Å². The number of esters is 1. The van der Waals surface area contributed by atoms with Gasteiger partial charge in [-0.25, -0.2) is 0 Å². The zero-order chi connectivity index (χ0) is 30.9. The molecule has 230 valence electrons. The van der Waals surface area contributed by atoms with E-state index in [9.17, 15) is 4.79 Å². The minimum atomic E-state index is -2.23. The molecule has 1 aromatic rings. The summed E-state index contributed by atoms with van der Waals surface area (Å²) in [5.74, 6) is 0.664. The number of carbonyl (C=O) groups is 1. The summed E-state index contributed by atoms with van der Waals surface area (Å²) in [7, 11) is -1.02. The van der Waals surface area contributed by atoms with E-state index in [0.29, 0.717) is 26.2 Å². The fraction of sp³-hybridized carbons (Fsp3) is 0.667. The molecule has 41 heavy (non-hydrogen) atoms. The lowest BCUT2D eigenvalue weighted by Gasteiger charge is -2.47. The molecule has 8 heteroatoms. The summed E-state index contributed by atoms with van der Waals surface area (Å²) in [6, 6.07) is 7.95. The van der Waals surface area contributed by atoms with Crippen LogP contribution < -0.4 is 4.74 Å². The Bertz CT molecular complexity index is 1110. The Balaban J connectivity index is 1.90. The van der Waals surface area contributed by atoms with Gasteiger partial charge in [-0.05, 0) is 66.0 Å². The van der Waals surface area contributed by atoms with Crippen LogP contribution in [-0.2, 0) is 29.7 Å². The minimum Gasteiger partial charge on any atom is -0.497 e. The first-order valence-electron chi connectivity index (χ1n) is 14.9. The SMILES string of the molecule is COC(=O)[C@@]12C=C[C@@H](COCc3ccc(OC)cc3)[C@@H](C=C1CCO[Si](C)(C)C(C)(C)C)C2O[Si](C)(C)C(C)(C)C. The molecule has 2 aliphatic carbocycles. The zero-order valence-electron chi connectivity index (χ0n) is 27.6. The average Bonchev–Trinajstić information content (AvgIpc) is 3.07. The molecule has 0 saturated heterocycles. The van der Waals surface area contributed by atoms with Crippen LogP contribution in [0.2, 0.25) is 36.3 Å². The van der Waals surface area contributed by atoms with E-state index in [0.717, 1.165) is 16.9 Å². The molecule has 0 aromatic heterocycles. The van der Waals surface area contributed by atoms with Crippen molar-refractivity contribution in [2.24, 2.45) is 17.3 Å². The van der Waals surface area contributed by atoms with Gasteiger partial charge in [0.25, 0.3) is 0 Å². The number of hydrogen-bond donors (Lipinski definition) is 0. The summed E-state index contributed by atoms with van der Waals surface area (Å²) in [4.78, 5) is 13.7. The van der Waals surface area contributed by atoms with Crippen molar-refractivity contribution in [3.63, 3.8) is 0 Å². The van der Waals surface area contributed by atoms with Gasteiger partial charge in [-0.1, -0.05) is 71.9 Å². The summed E-state index contributed by atoms with van der Waals surface area (Å²) >= 11 is 0. The number of methoxy groups -OCH3 is 2. The summed E-state index contributed by atoms with van der Waals surface area (Å²) < 4.78 is 30.7. The molecule has 3 rings (SSSR count). The molecule has 1 unspecified atom stereocenters. The average molecular weight is 603 g/mol. The van der Waals surface area contributed by atoms with Gasteiger partial charge in [0.05, 0.1) is 33.5 Å². The fourth-order valence-electron chi connectivity index (χ4n) is 5.17. The third-order valence-corrected chi connectivity index (χ3v) is 18.9. The molecule has 6 nitrogen and oxygen atoms in total. The van der Waals surface area contributed by atoms with Crippen molar-refractivity contribution in [3.8, 4) is 5.75 Å². The van der Waals surface area contributed by atoms with E-state index in [2.05, 4.69) is 86.0 Å². The van der Waals surface area contributed by atoms with Crippen molar-refractivity contribution < 1.29 is 27.9 Å². The number of fused-ring (bicyclic) bond motifs is 2. The molecular formula is C33H54O6Si2. The van der Waals surface area contributed by atoms with Crippen molar-refractivity contribution >= 4 is 22.6 Å². The van der Waals surface area contributed by atoms with Crippen molar-refractivity contribution in [2.75, 3.05) is 27.4 Å². The van der Waals surface area contributed by atoms with E-state index >= 15 is 0 Å². The van der Waals surface area contributed by atoms with Gasteiger partial charge in [0, 0.05) is 18.4 Å². The summed E-state index contributed by atoms with van der Waals surface area (Å²) in [6.45, 7) is 24.1. The second kappa shape index (κ2) is 12.5. The van der Waals surface area contributed by atoms with Gasteiger partial charge < -0.3 is 23.1 Å². The van der Waals surface area contributed by atoms with E-state index in [4.69, 9.17) is 23.1 Å². The topological polar surface area (TPSA) is 63.2 Å². The molecule has 2 bridgehead atoms. The number of rotatable bonds is 12. The van der Waals surface area contributed by atoms with Gasteiger partial charge in [0.1, 0.15) is 11.2 Å². The Morgan fingerprint density at radius 1 is 0.927 bits per heavy atom. The molecular weight excluding hydrogens is 549 g/mol. The number of hydrogen-bond acceptors (Lipinski definition) is 6. The largest absolute Gasteiger partial charge is 0.497 e. The van der Waals surface area contributed by atoms with Crippen LogP contribution in [0.4, 0.5) is 0 Å². The van der Waals surface area contributed by atoms with Crippen molar-refractivity contribution in [1.82, 2.24) is 0 Å². The highest BCUT2D eigenvalue weighted by atomic mass is 28.4. The van der Waals surface area contributed by atoms with Gasteiger partial charge in [-0.15, -0.1) is 0 Å². The van der Waals surface area contributed by atoms with Crippen LogP contribution in [0.15, 0.2) is 48.1 Å². The van der Waals surface area contributed by atoms with Gasteiger partial charge in [-0.3, -0.25) is 4.79 Å². The van der Waals surface area contributed by atoms with Crippen LogP contribution in [0.25, 0.3) is 0 Å². The number of ether oxygens (including phenoxy) is 3. The van der Waals surface area contributed by atoms with Gasteiger partial charge in [-0.2, -0.15) is 0 Å². The smallest absolute Gasteiger partial charge is 0.322 e. The predicted molar refractivity (Wildman–Crippen MR) is 171 cm³/mol. The Morgan fingerprint density at radius 2 is 1.54 bits per heavy atom. The molecule has 0 fully saturated rings. The maximum absolute atomic E-state index is 13.7. The van der Waals surface area contributed by atoms with E-state index in [1.165, 1.54) is 7.11 Å². The Labute approximate surface area is 251 Å². The zero-order valence-corrected chi connectivity index (χ0v) is 29.6. The van der Waals surface area contributed by atoms with Gasteiger partial charge in [0.15, 0.2) is 16.6 Å². The summed E-state index contributed by atoms with van der Waals surface area (Å²) in [5, 5.41) is 0.115. The first-order valence-corrected chi connectivity index (χ1v) is 20.7. The van der Waals surface area contributed by atoms with Gasteiger partial charge in [0.2, 0.25) is 0 Å². The first-order chi connectivity index (χ1) is 18.9. The minimum absolute atomic E-state index is 0.00309. The quantitative estimate of drug-likeness (QED) is 0.138. The lowest BCUT2D eigenvalue weighted by Crippen LogP contribution is -2.55. The lowest BCUT2D eigenvalue weighted by molar-refractivity contribution is -0.154. The van der Waals surface area contributed by atoms with Crippen LogP contribution in [-0.4, -0.2) is 56.1 Å². The maximum atomic E-state index is 13.7. The predicted octanol–water partition coefficient (Wildman–Crippen LogP) is 7.92.